The van der Waals surface area contributed by atoms with Crippen molar-refractivity contribution in [2.45, 2.75) is 71.1 Å². The molecule has 0 spiro atoms. The van der Waals surface area contributed by atoms with Gasteiger partial charge in [0.2, 0.25) is 0 Å². The van der Waals surface area contributed by atoms with Crippen LogP contribution < -0.4 is 0 Å². The van der Waals surface area contributed by atoms with Crippen molar-refractivity contribution in [3.05, 3.63) is 55.9 Å². The Balaban J connectivity index is 4.63. The number of hydrogen-bond acceptors (Lipinski definition) is 5. The van der Waals surface area contributed by atoms with Crippen molar-refractivity contribution in [2.24, 2.45) is 0 Å². The molecule has 0 aliphatic heterocycles. The van der Waals surface area contributed by atoms with Gasteiger partial charge in [0.1, 0.15) is 12.7 Å². The number of carbonyl (C=O) groups is 1. The van der Waals surface area contributed by atoms with Gasteiger partial charge in [-0.25, -0.2) is 0 Å². The molecule has 0 rings (SSSR count). The molecule has 140 valence electrons. The topological polar surface area (TPSA) is 103 Å². The zero-order valence-electron chi connectivity index (χ0n) is 14.9. The van der Waals surface area contributed by atoms with E-state index >= 15 is 0 Å². The number of hydrogen-bond donors (Lipinski definition) is 0. The Kier molecular flexibility index (Phi) is 13.8. The largest absolute Gasteiger partial charge is 0.303 e. The molecule has 0 heterocycles. The van der Waals surface area contributed by atoms with Crippen molar-refractivity contribution >= 4 is 6.29 Å². The van der Waals surface area contributed by atoms with Crippen molar-refractivity contribution < 1.29 is 14.6 Å². The third-order valence-electron chi connectivity index (χ3n) is 3.62. The van der Waals surface area contributed by atoms with Crippen LogP contribution in [-0.4, -0.2) is 16.1 Å². The van der Waals surface area contributed by atoms with E-state index in [9.17, 15) is 25.0 Å². The van der Waals surface area contributed by atoms with E-state index in [1.807, 2.05) is 12.2 Å². The maximum absolute atomic E-state index is 11.1. The summed E-state index contributed by atoms with van der Waals surface area (Å²) in [7, 11) is 0. The molecule has 0 aromatic rings. The number of unbranched alkanes of at least 4 members (excludes halogenated alkanes) is 6. The van der Waals surface area contributed by atoms with E-state index in [2.05, 4.69) is 6.92 Å². The molecule has 0 unspecified atom stereocenters. The summed E-state index contributed by atoms with van der Waals surface area (Å²) in [6, 6.07) is 0. The van der Waals surface area contributed by atoms with Crippen LogP contribution in [0.4, 0.5) is 0 Å². The number of aldehydes is 1. The maximum Gasteiger partial charge on any atom is 0.253 e. The van der Waals surface area contributed by atoms with Gasteiger partial charge in [0.25, 0.3) is 11.4 Å². The van der Waals surface area contributed by atoms with Gasteiger partial charge in [-0.15, -0.1) is 0 Å². The van der Waals surface area contributed by atoms with E-state index in [0.717, 1.165) is 32.0 Å². The van der Waals surface area contributed by atoms with Crippen LogP contribution in [0, 0.1) is 20.2 Å². The summed E-state index contributed by atoms with van der Waals surface area (Å²) in [5.74, 6) is 0. The van der Waals surface area contributed by atoms with E-state index in [-0.39, 0.29) is 17.8 Å². The molecule has 0 aromatic carbocycles. The number of nitro groups is 2. The normalized spacial score (nSPS) is 12.5. The molecule has 0 aliphatic carbocycles. The SMILES string of the molecule is CCCCC/C=C/C/C=C(/C/C(=C/CCCCC=O)[N+](=O)[O-])[N+](=O)[O-]. The van der Waals surface area contributed by atoms with Gasteiger partial charge in [0, 0.05) is 6.42 Å². The molecule has 7 heteroatoms. The Bertz CT molecular complexity index is 510. The van der Waals surface area contributed by atoms with Crippen LogP contribution in [0.1, 0.15) is 71.1 Å². The maximum atomic E-state index is 11.1. The second-order valence-corrected chi connectivity index (χ2v) is 5.74. The highest BCUT2D eigenvalue weighted by molar-refractivity contribution is 5.48. The number of allylic oxidation sites excluding steroid dienone is 4. The minimum absolute atomic E-state index is 0.158. The Morgan fingerprint density at radius 3 is 2.04 bits per heavy atom. The third-order valence-corrected chi connectivity index (χ3v) is 3.62. The summed E-state index contributed by atoms with van der Waals surface area (Å²) < 4.78 is 0. The van der Waals surface area contributed by atoms with E-state index in [0.29, 0.717) is 32.1 Å². The average Bonchev–Trinajstić information content (AvgIpc) is 2.57. The highest BCUT2D eigenvalue weighted by Gasteiger charge is 2.20. The molecule has 0 aliphatic rings. The van der Waals surface area contributed by atoms with E-state index in [1.54, 1.807) is 0 Å². The van der Waals surface area contributed by atoms with Gasteiger partial charge in [0.15, 0.2) is 0 Å². The molecule has 0 amide bonds. The molecule has 0 bridgehead atoms. The van der Waals surface area contributed by atoms with Crippen molar-refractivity contribution in [3.63, 3.8) is 0 Å². The number of carbonyl (C=O) groups excluding carboxylic acids is 1. The smallest absolute Gasteiger partial charge is 0.253 e. The second kappa shape index (κ2) is 15.2. The lowest BCUT2D eigenvalue weighted by molar-refractivity contribution is -0.450. The lowest BCUT2D eigenvalue weighted by Gasteiger charge is -1.99. The van der Waals surface area contributed by atoms with Crippen LogP contribution in [0.5, 0.6) is 0 Å². The number of nitrogens with zero attached hydrogens (tertiary/aromatic N) is 2. The van der Waals surface area contributed by atoms with Gasteiger partial charge in [-0.2, -0.15) is 0 Å². The summed E-state index contributed by atoms with van der Waals surface area (Å²) in [5, 5.41) is 22.2. The standard InChI is InChI=1S/C18H28N2O5/c1-2-3-4-5-6-7-10-13-17(19(22)23)16-18(20(24)25)14-11-8-9-12-15-21/h6-7,13-15H,2-5,8-12,16H2,1H3/b7-6+,17-13-,18-14-. The summed E-state index contributed by atoms with van der Waals surface area (Å²) in [6.07, 6.45) is 14.1. The lowest BCUT2D eigenvalue weighted by Crippen LogP contribution is -2.06. The fourth-order valence-electron chi connectivity index (χ4n) is 2.18. The summed E-state index contributed by atoms with van der Waals surface area (Å²) in [6.45, 7) is 2.12. The van der Waals surface area contributed by atoms with Crippen molar-refractivity contribution in [3.8, 4) is 0 Å². The van der Waals surface area contributed by atoms with E-state index < -0.39 is 9.85 Å². The minimum Gasteiger partial charge on any atom is -0.303 e. The average molecular weight is 352 g/mol. The van der Waals surface area contributed by atoms with Gasteiger partial charge in [-0.3, -0.25) is 20.2 Å². The Morgan fingerprint density at radius 2 is 1.44 bits per heavy atom. The molecule has 0 aromatic heterocycles. The molecule has 0 radical (unpaired) electrons. The number of rotatable bonds is 15. The van der Waals surface area contributed by atoms with Crippen LogP contribution in [0.25, 0.3) is 0 Å². The van der Waals surface area contributed by atoms with Gasteiger partial charge in [0.05, 0.1) is 9.85 Å². The van der Waals surface area contributed by atoms with Crippen LogP contribution in [0.15, 0.2) is 35.7 Å². The van der Waals surface area contributed by atoms with Crippen molar-refractivity contribution in [1.82, 2.24) is 0 Å². The molecule has 7 nitrogen and oxygen atoms in total. The zero-order valence-corrected chi connectivity index (χ0v) is 14.9. The first-order chi connectivity index (χ1) is 12.0. The van der Waals surface area contributed by atoms with Crippen molar-refractivity contribution in [2.75, 3.05) is 0 Å². The highest BCUT2D eigenvalue weighted by Crippen LogP contribution is 2.15. The van der Waals surface area contributed by atoms with Gasteiger partial charge < -0.3 is 4.79 Å². The predicted molar refractivity (Wildman–Crippen MR) is 97.2 cm³/mol. The molecular weight excluding hydrogens is 324 g/mol. The Morgan fingerprint density at radius 1 is 0.840 bits per heavy atom. The first kappa shape index (κ1) is 22.7. The highest BCUT2D eigenvalue weighted by atomic mass is 16.6. The van der Waals surface area contributed by atoms with Crippen LogP contribution >= 0.6 is 0 Å². The molecular formula is C18H28N2O5. The molecule has 0 saturated heterocycles. The van der Waals surface area contributed by atoms with Crippen LogP contribution in [-0.2, 0) is 4.79 Å². The second-order valence-electron chi connectivity index (χ2n) is 5.74. The molecule has 0 N–H and O–H groups in total. The third kappa shape index (κ3) is 12.7. The first-order valence-corrected chi connectivity index (χ1v) is 8.78. The Labute approximate surface area is 148 Å². The van der Waals surface area contributed by atoms with Crippen LogP contribution in [0.3, 0.4) is 0 Å². The zero-order chi connectivity index (χ0) is 18.9. The summed E-state index contributed by atoms with van der Waals surface area (Å²) >= 11 is 0. The molecule has 0 atom stereocenters. The predicted octanol–water partition coefficient (Wildman–Crippen LogP) is 4.98. The van der Waals surface area contributed by atoms with Gasteiger partial charge in [-0.05, 0) is 50.7 Å². The first-order valence-electron chi connectivity index (χ1n) is 8.78. The summed E-state index contributed by atoms with van der Waals surface area (Å²) in [4.78, 5) is 31.3. The quantitative estimate of drug-likeness (QED) is 0.136. The fraction of sp³-hybridized carbons (Fsp3) is 0.611. The van der Waals surface area contributed by atoms with E-state index in [4.69, 9.17) is 0 Å². The van der Waals surface area contributed by atoms with Gasteiger partial charge in [-0.1, -0.05) is 31.9 Å². The van der Waals surface area contributed by atoms with E-state index in [1.165, 1.54) is 12.2 Å². The molecule has 0 saturated carbocycles. The van der Waals surface area contributed by atoms with Crippen LogP contribution in [0.2, 0.25) is 0 Å². The van der Waals surface area contributed by atoms with Gasteiger partial charge >= 0.3 is 0 Å². The Hall–Kier alpha value is -2.31. The monoisotopic (exact) mass is 352 g/mol. The molecule has 25 heavy (non-hydrogen) atoms. The summed E-state index contributed by atoms with van der Waals surface area (Å²) in [5.41, 5.74) is -0.324. The lowest BCUT2D eigenvalue weighted by atomic mass is 10.1. The minimum atomic E-state index is -0.572. The fourth-order valence-corrected chi connectivity index (χ4v) is 2.18. The molecule has 0 fully saturated rings. The van der Waals surface area contributed by atoms with Crippen molar-refractivity contribution in [1.29, 1.82) is 0 Å².